The van der Waals surface area contributed by atoms with E-state index in [0.717, 1.165) is 36.4 Å². The average Bonchev–Trinajstić information content (AvgIpc) is 3.17. The van der Waals surface area contributed by atoms with Gasteiger partial charge in [-0.1, -0.05) is 6.07 Å². The monoisotopic (exact) mass is 419 g/mol. The van der Waals surface area contributed by atoms with Crippen molar-refractivity contribution >= 4 is 23.2 Å². The normalized spacial score (nSPS) is 15.1. The standard InChI is InChI=1S/C21H26FN3O3S/c1-14(26)23-12-17-4-6-20(29-17)21(27)24-16-7-9-25(10-8-16)13-15-3-5-19(28-2)18(22)11-15/h3-6,11,16H,7-10,12-13H2,1-2H3,(H,23,26)(H,24,27). The number of likely N-dealkylation sites (tertiary alicyclic amines) is 1. The molecule has 0 aliphatic carbocycles. The van der Waals surface area contributed by atoms with Crippen LogP contribution in [-0.4, -0.2) is 43.0 Å². The Hall–Kier alpha value is -2.45. The van der Waals surface area contributed by atoms with E-state index in [2.05, 4.69) is 15.5 Å². The molecule has 3 rings (SSSR count). The predicted octanol–water partition coefficient (Wildman–Crippen LogP) is 2.93. The number of benzene rings is 1. The van der Waals surface area contributed by atoms with Crippen LogP contribution in [0.15, 0.2) is 30.3 Å². The van der Waals surface area contributed by atoms with E-state index < -0.39 is 0 Å². The first-order chi connectivity index (χ1) is 13.9. The van der Waals surface area contributed by atoms with Gasteiger partial charge in [-0.3, -0.25) is 14.5 Å². The van der Waals surface area contributed by atoms with Crippen molar-refractivity contribution in [1.29, 1.82) is 0 Å². The van der Waals surface area contributed by atoms with E-state index in [4.69, 9.17) is 4.74 Å². The van der Waals surface area contributed by atoms with Gasteiger partial charge in [-0.2, -0.15) is 0 Å². The number of piperidine rings is 1. The fourth-order valence-electron chi connectivity index (χ4n) is 3.36. The van der Waals surface area contributed by atoms with Crippen LogP contribution in [0.25, 0.3) is 0 Å². The van der Waals surface area contributed by atoms with Gasteiger partial charge in [0.25, 0.3) is 5.91 Å². The number of hydrogen-bond donors (Lipinski definition) is 2. The van der Waals surface area contributed by atoms with Gasteiger partial charge in [0.05, 0.1) is 18.5 Å². The lowest BCUT2D eigenvalue weighted by Gasteiger charge is -2.32. The number of hydrogen-bond acceptors (Lipinski definition) is 5. The number of halogens is 1. The Kier molecular flexibility index (Phi) is 7.22. The predicted molar refractivity (Wildman–Crippen MR) is 111 cm³/mol. The maximum atomic E-state index is 13.9. The average molecular weight is 420 g/mol. The highest BCUT2D eigenvalue weighted by Crippen LogP contribution is 2.21. The highest BCUT2D eigenvalue weighted by atomic mass is 32.1. The first kappa shape index (κ1) is 21.3. The third-order valence-corrected chi connectivity index (χ3v) is 6.03. The number of amides is 2. The molecule has 1 aromatic carbocycles. The molecule has 0 unspecified atom stereocenters. The molecule has 6 nitrogen and oxygen atoms in total. The van der Waals surface area contributed by atoms with Crippen LogP contribution in [-0.2, 0) is 17.9 Å². The molecule has 1 fully saturated rings. The lowest BCUT2D eigenvalue weighted by Crippen LogP contribution is -2.44. The summed E-state index contributed by atoms with van der Waals surface area (Å²) >= 11 is 1.40. The zero-order valence-corrected chi connectivity index (χ0v) is 17.5. The molecule has 0 spiro atoms. The lowest BCUT2D eigenvalue weighted by molar-refractivity contribution is -0.119. The summed E-state index contributed by atoms with van der Waals surface area (Å²) in [6.45, 7) is 4.28. The van der Waals surface area contributed by atoms with Crippen LogP contribution in [0.2, 0.25) is 0 Å². The maximum absolute atomic E-state index is 13.9. The second-order valence-corrected chi connectivity index (χ2v) is 8.34. The third kappa shape index (κ3) is 6.01. The summed E-state index contributed by atoms with van der Waals surface area (Å²) in [5.74, 6) is -0.252. The lowest BCUT2D eigenvalue weighted by atomic mass is 10.0. The fourth-order valence-corrected chi connectivity index (χ4v) is 4.22. The van der Waals surface area contributed by atoms with E-state index in [1.54, 1.807) is 12.1 Å². The summed E-state index contributed by atoms with van der Waals surface area (Å²) in [6, 6.07) is 8.84. The smallest absolute Gasteiger partial charge is 0.261 e. The molecule has 0 radical (unpaired) electrons. The number of thiophene rings is 1. The Bertz CT molecular complexity index is 863. The third-order valence-electron chi connectivity index (χ3n) is 4.94. The van der Waals surface area contributed by atoms with Crippen molar-refractivity contribution in [3.63, 3.8) is 0 Å². The zero-order valence-electron chi connectivity index (χ0n) is 16.7. The number of carbonyl (C=O) groups is 2. The van der Waals surface area contributed by atoms with Gasteiger partial charge in [0.15, 0.2) is 11.6 Å². The Morgan fingerprint density at radius 3 is 2.66 bits per heavy atom. The van der Waals surface area contributed by atoms with Crippen LogP contribution in [0.1, 0.15) is 39.9 Å². The van der Waals surface area contributed by atoms with Gasteiger partial charge >= 0.3 is 0 Å². The summed E-state index contributed by atoms with van der Waals surface area (Å²) in [5, 5.41) is 5.84. The van der Waals surface area contributed by atoms with Crippen molar-refractivity contribution in [2.45, 2.75) is 38.9 Å². The first-order valence-electron chi connectivity index (χ1n) is 9.63. The Morgan fingerprint density at radius 1 is 1.24 bits per heavy atom. The van der Waals surface area contributed by atoms with Gasteiger partial charge < -0.3 is 15.4 Å². The van der Waals surface area contributed by atoms with Crippen molar-refractivity contribution in [3.8, 4) is 5.75 Å². The highest BCUT2D eigenvalue weighted by Gasteiger charge is 2.22. The summed E-state index contributed by atoms with van der Waals surface area (Å²) in [7, 11) is 1.46. The van der Waals surface area contributed by atoms with Gasteiger partial charge in [-0.05, 0) is 42.7 Å². The van der Waals surface area contributed by atoms with Crippen molar-refractivity contribution in [2.24, 2.45) is 0 Å². The van der Waals surface area contributed by atoms with Crippen LogP contribution >= 0.6 is 11.3 Å². The molecular formula is C21H26FN3O3S. The molecule has 1 saturated heterocycles. The molecule has 0 saturated carbocycles. The van der Waals surface area contributed by atoms with E-state index in [1.165, 1.54) is 31.4 Å². The number of methoxy groups -OCH3 is 1. The summed E-state index contributed by atoms with van der Waals surface area (Å²) in [4.78, 5) is 27.3. The Balaban J connectivity index is 1.45. The second-order valence-electron chi connectivity index (χ2n) is 7.17. The molecular weight excluding hydrogens is 393 g/mol. The van der Waals surface area contributed by atoms with E-state index in [9.17, 15) is 14.0 Å². The van der Waals surface area contributed by atoms with Crippen molar-refractivity contribution < 1.29 is 18.7 Å². The second kappa shape index (κ2) is 9.84. The number of rotatable bonds is 7. The van der Waals surface area contributed by atoms with Crippen LogP contribution in [0, 0.1) is 5.82 Å². The topological polar surface area (TPSA) is 70.7 Å². The molecule has 8 heteroatoms. The number of nitrogens with zero attached hydrogens (tertiary/aromatic N) is 1. The molecule has 0 atom stereocenters. The quantitative estimate of drug-likeness (QED) is 0.724. The molecule has 2 N–H and O–H groups in total. The molecule has 2 amide bonds. The molecule has 2 aromatic rings. The van der Waals surface area contributed by atoms with Crippen LogP contribution in [0.3, 0.4) is 0 Å². The minimum atomic E-state index is -0.346. The van der Waals surface area contributed by atoms with Crippen LogP contribution in [0.5, 0.6) is 5.75 Å². The number of nitrogens with one attached hydrogen (secondary N) is 2. The number of ether oxygens (including phenoxy) is 1. The molecule has 2 heterocycles. The zero-order chi connectivity index (χ0) is 20.8. The fraction of sp³-hybridized carbons (Fsp3) is 0.429. The van der Waals surface area contributed by atoms with E-state index in [0.29, 0.717) is 18.0 Å². The van der Waals surface area contributed by atoms with Crippen LogP contribution in [0.4, 0.5) is 4.39 Å². The van der Waals surface area contributed by atoms with Gasteiger partial charge in [-0.15, -0.1) is 11.3 Å². The maximum Gasteiger partial charge on any atom is 0.261 e. The van der Waals surface area contributed by atoms with Gasteiger partial charge in [0.1, 0.15) is 0 Å². The van der Waals surface area contributed by atoms with Crippen molar-refractivity contribution in [3.05, 3.63) is 51.5 Å². The summed E-state index contributed by atoms with van der Waals surface area (Å²) < 4.78 is 18.8. The largest absolute Gasteiger partial charge is 0.494 e. The SMILES string of the molecule is COc1ccc(CN2CCC(NC(=O)c3ccc(CNC(C)=O)s3)CC2)cc1F. The minimum Gasteiger partial charge on any atom is -0.494 e. The Labute approximate surface area is 174 Å². The molecule has 1 aliphatic rings. The number of carbonyl (C=O) groups excluding carboxylic acids is 2. The first-order valence-corrected chi connectivity index (χ1v) is 10.4. The van der Waals surface area contributed by atoms with Gasteiger partial charge in [-0.25, -0.2) is 4.39 Å². The van der Waals surface area contributed by atoms with E-state index in [-0.39, 0.29) is 29.4 Å². The van der Waals surface area contributed by atoms with Crippen molar-refractivity contribution in [1.82, 2.24) is 15.5 Å². The molecule has 0 bridgehead atoms. The highest BCUT2D eigenvalue weighted by molar-refractivity contribution is 7.14. The minimum absolute atomic E-state index is 0.0697. The summed E-state index contributed by atoms with van der Waals surface area (Å²) in [6.07, 6.45) is 1.71. The van der Waals surface area contributed by atoms with Gasteiger partial charge in [0, 0.05) is 37.5 Å². The summed E-state index contributed by atoms with van der Waals surface area (Å²) in [5.41, 5.74) is 0.913. The van der Waals surface area contributed by atoms with E-state index in [1.807, 2.05) is 12.1 Å². The van der Waals surface area contributed by atoms with Gasteiger partial charge in [0.2, 0.25) is 5.91 Å². The van der Waals surface area contributed by atoms with Crippen molar-refractivity contribution in [2.75, 3.05) is 20.2 Å². The molecule has 29 heavy (non-hydrogen) atoms. The molecule has 1 aliphatic heterocycles. The van der Waals surface area contributed by atoms with Crippen LogP contribution < -0.4 is 15.4 Å². The van der Waals surface area contributed by atoms with E-state index >= 15 is 0 Å². The molecule has 1 aromatic heterocycles. The molecule has 156 valence electrons. The Morgan fingerprint density at radius 2 is 2.00 bits per heavy atom.